The maximum absolute atomic E-state index is 12.6. The average molecular weight is 363 g/mol. The Morgan fingerprint density at radius 1 is 1.15 bits per heavy atom. The maximum Gasteiger partial charge on any atom is 0.347 e. The van der Waals surface area contributed by atoms with Gasteiger partial charge in [0, 0.05) is 19.6 Å². The quantitative estimate of drug-likeness (QED) is 0.754. The predicted molar refractivity (Wildman–Crippen MR) is 97.7 cm³/mol. The Morgan fingerprint density at radius 2 is 1.88 bits per heavy atom. The lowest BCUT2D eigenvalue weighted by atomic mass is 10.1. The topological polar surface area (TPSA) is 71.1 Å². The summed E-state index contributed by atoms with van der Waals surface area (Å²) in [7, 11) is 0. The monoisotopic (exact) mass is 363 g/mol. The van der Waals surface area contributed by atoms with E-state index in [1.165, 1.54) is 4.90 Å². The Hall–Kier alpha value is -2.12. The zero-order valence-corrected chi connectivity index (χ0v) is 15.6. The second-order valence-electron chi connectivity index (χ2n) is 6.26. The minimum absolute atomic E-state index is 0.273. The number of rotatable bonds is 7. The summed E-state index contributed by atoms with van der Waals surface area (Å²) in [5.41, 5.74) is 3.42. The molecule has 0 saturated carbocycles. The van der Waals surface area contributed by atoms with Gasteiger partial charge in [0.1, 0.15) is 6.04 Å². The highest BCUT2D eigenvalue weighted by Gasteiger charge is 2.33. The van der Waals surface area contributed by atoms with Gasteiger partial charge in [-0.3, -0.25) is 4.84 Å². The molecule has 0 radical (unpaired) electrons. The zero-order chi connectivity index (χ0) is 18.8. The number of likely N-dealkylation sites (tertiary alicyclic amines) is 1. The molecule has 1 aromatic carbocycles. The van der Waals surface area contributed by atoms with Crippen molar-refractivity contribution < 1.29 is 19.3 Å². The Labute approximate surface area is 155 Å². The van der Waals surface area contributed by atoms with Gasteiger partial charge in [0.15, 0.2) is 0 Å². The molecule has 2 rings (SSSR count). The molecule has 26 heavy (non-hydrogen) atoms. The summed E-state index contributed by atoms with van der Waals surface area (Å²) in [6.45, 7) is 5.85. The first-order valence-electron chi connectivity index (χ1n) is 9.34. The van der Waals surface area contributed by atoms with Crippen LogP contribution in [-0.4, -0.2) is 47.6 Å². The van der Waals surface area contributed by atoms with E-state index in [1.807, 2.05) is 44.2 Å². The van der Waals surface area contributed by atoms with Crippen LogP contribution in [0.2, 0.25) is 0 Å². The predicted octanol–water partition coefficient (Wildman–Crippen LogP) is 2.87. The highest BCUT2D eigenvalue weighted by molar-refractivity contribution is 5.83. The van der Waals surface area contributed by atoms with E-state index in [0.29, 0.717) is 26.1 Å². The van der Waals surface area contributed by atoms with Crippen molar-refractivity contribution in [2.75, 3.05) is 19.6 Å². The van der Waals surface area contributed by atoms with Crippen LogP contribution in [0, 0.1) is 0 Å². The lowest BCUT2D eigenvalue weighted by Crippen LogP contribution is -2.50. The largest absolute Gasteiger partial charge is 0.366 e. The lowest BCUT2D eigenvalue weighted by molar-refractivity contribution is -0.194. The molecule has 1 aliphatic heterocycles. The highest BCUT2D eigenvalue weighted by Crippen LogP contribution is 2.18. The SMILES string of the molecule is CCN(CC)OC(=O)[C@@H]1CCCCCN1C(=O)NOCc1ccccc1. The van der Waals surface area contributed by atoms with Gasteiger partial charge in [-0.2, -0.15) is 0 Å². The molecule has 0 unspecified atom stereocenters. The Kier molecular flexibility index (Phi) is 8.37. The van der Waals surface area contributed by atoms with Gasteiger partial charge in [-0.15, -0.1) is 5.06 Å². The molecule has 0 aliphatic carbocycles. The second-order valence-corrected chi connectivity index (χ2v) is 6.26. The van der Waals surface area contributed by atoms with E-state index >= 15 is 0 Å². The van der Waals surface area contributed by atoms with Crippen LogP contribution in [0.5, 0.6) is 0 Å². The van der Waals surface area contributed by atoms with Crippen molar-refractivity contribution in [1.29, 1.82) is 0 Å². The van der Waals surface area contributed by atoms with Crippen LogP contribution in [0.25, 0.3) is 0 Å². The van der Waals surface area contributed by atoms with Crippen molar-refractivity contribution in [1.82, 2.24) is 15.4 Å². The number of carbonyl (C=O) groups excluding carboxylic acids is 2. The molecule has 0 bridgehead atoms. The third-order valence-corrected chi connectivity index (χ3v) is 4.45. The summed E-state index contributed by atoms with van der Waals surface area (Å²) in [6.07, 6.45) is 3.35. The highest BCUT2D eigenvalue weighted by atomic mass is 16.7. The maximum atomic E-state index is 12.6. The smallest absolute Gasteiger partial charge is 0.347 e. The molecular weight excluding hydrogens is 334 g/mol. The van der Waals surface area contributed by atoms with Gasteiger partial charge < -0.3 is 9.74 Å². The fourth-order valence-electron chi connectivity index (χ4n) is 2.95. The van der Waals surface area contributed by atoms with Gasteiger partial charge in [0.25, 0.3) is 0 Å². The van der Waals surface area contributed by atoms with Gasteiger partial charge in [0.05, 0.1) is 6.61 Å². The van der Waals surface area contributed by atoms with Crippen LogP contribution in [0.1, 0.15) is 45.1 Å². The molecule has 7 heteroatoms. The van der Waals surface area contributed by atoms with Gasteiger partial charge in [-0.25, -0.2) is 15.1 Å². The number of benzene rings is 1. The lowest BCUT2D eigenvalue weighted by Gasteiger charge is -2.29. The van der Waals surface area contributed by atoms with E-state index in [0.717, 1.165) is 24.8 Å². The third-order valence-electron chi connectivity index (χ3n) is 4.45. The van der Waals surface area contributed by atoms with E-state index in [2.05, 4.69) is 5.48 Å². The summed E-state index contributed by atoms with van der Waals surface area (Å²) in [4.78, 5) is 37.4. The molecule has 1 fully saturated rings. The summed E-state index contributed by atoms with van der Waals surface area (Å²) in [5.74, 6) is -0.381. The minimum atomic E-state index is -0.585. The first kappa shape index (κ1) is 20.2. The number of hydroxylamine groups is 3. The van der Waals surface area contributed by atoms with Crippen molar-refractivity contribution in [2.45, 2.75) is 52.2 Å². The van der Waals surface area contributed by atoms with Crippen molar-refractivity contribution in [3.05, 3.63) is 35.9 Å². The van der Waals surface area contributed by atoms with Crippen LogP contribution in [0.15, 0.2) is 30.3 Å². The number of carbonyl (C=O) groups is 2. The Morgan fingerprint density at radius 3 is 2.58 bits per heavy atom. The van der Waals surface area contributed by atoms with E-state index in [9.17, 15) is 9.59 Å². The van der Waals surface area contributed by atoms with Gasteiger partial charge in [0.2, 0.25) is 0 Å². The van der Waals surface area contributed by atoms with E-state index in [1.54, 1.807) is 5.06 Å². The molecule has 1 atom stereocenters. The summed E-state index contributed by atoms with van der Waals surface area (Å²) in [6, 6.07) is 8.60. The molecule has 1 aliphatic rings. The number of urea groups is 1. The Balaban J connectivity index is 1.93. The number of nitrogens with zero attached hydrogens (tertiary/aromatic N) is 2. The molecule has 7 nitrogen and oxygen atoms in total. The molecule has 0 spiro atoms. The zero-order valence-electron chi connectivity index (χ0n) is 15.6. The van der Waals surface area contributed by atoms with Gasteiger partial charge >= 0.3 is 12.0 Å². The van der Waals surface area contributed by atoms with Crippen molar-refractivity contribution in [2.24, 2.45) is 0 Å². The Bertz CT molecular complexity index is 563. The fraction of sp³-hybridized carbons (Fsp3) is 0.579. The first-order valence-corrected chi connectivity index (χ1v) is 9.34. The van der Waals surface area contributed by atoms with Gasteiger partial charge in [-0.05, 0) is 32.3 Å². The van der Waals surface area contributed by atoms with Crippen LogP contribution in [0.4, 0.5) is 4.79 Å². The van der Waals surface area contributed by atoms with E-state index in [4.69, 9.17) is 9.68 Å². The molecule has 2 amide bonds. The number of amides is 2. The summed E-state index contributed by atoms with van der Waals surface area (Å²) < 4.78 is 0. The first-order chi connectivity index (χ1) is 12.7. The van der Waals surface area contributed by atoms with Crippen molar-refractivity contribution in [3.8, 4) is 0 Å². The minimum Gasteiger partial charge on any atom is -0.366 e. The van der Waals surface area contributed by atoms with Crippen LogP contribution < -0.4 is 5.48 Å². The third kappa shape index (κ3) is 6.00. The normalized spacial score (nSPS) is 17.7. The molecule has 0 aromatic heterocycles. The molecular formula is C19H29N3O4. The van der Waals surface area contributed by atoms with E-state index < -0.39 is 12.1 Å². The number of nitrogens with one attached hydrogen (secondary N) is 1. The van der Waals surface area contributed by atoms with Gasteiger partial charge in [-0.1, -0.05) is 43.2 Å². The summed E-state index contributed by atoms with van der Waals surface area (Å²) in [5, 5.41) is 1.59. The van der Waals surface area contributed by atoms with Crippen LogP contribution in [0.3, 0.4) is 0 Å². The number of hydrogen-bond donors (Lipinski definition) is 1. The van der Waals surface area contributed by atoms with Crippen LogP contribution >= 0.6 is 0 Å². The molecule has 1 N–H and O–H groups in total. The van der Waals surface area contributed by atoms with Crippen LogP contribution in [-0.2, 0) is 21.1 Å². The number of hydrogen-bond acceptors (Lipinski definition) is 5. The van der Waals surface area contributed by atoms with E-state index in [-0.39, 0.29) is 12.6 Å². The molecule has 1 heterocycles. The summed E-state index contributed by atoms with van der Waals surface area (Å²) >= 11 is 0. The molecule has 1 saturated heterocycles. The van der Waals surface area contributed by atoms with Crippen molar-refractivity contribution >= 4 is 12.0 Å². The fourth-order valence-corrected chi connectivity index (χ4v) is 2.95. The molecule has 1 aromatic rings. The standard InChI is InChI=1S/C19H29N3O4/c1-3-21(4-2)26-18(23)17-13-9-6-10-14-22(17)19(24)20-25-15-16-11-7-5-8-12-16/h5,7-8,11-12,17H,3-4,6,9-10,13-15H2,1-2H3,(H,20,24)/t17-/m0/s1. The average Bonchev–Trinajstić information content (AvgIpc) is 2.93. The van der Waals surface area contributed by atoms with Crippen molar-refractivity contribution in [3.63, 3.8) is 0 Å². The second kappa shape index (κ2) is 10.8. The molecule has 144 valence electrons.